The van der Waals surface area contributed by atoms with Crippen LogP contribution in [0.2, 0.25) is 0 Å². The topological polar surface area (TPSA) is 76.0 Å². The number of carbonyl (C=O) groups is 1. The second-order valence-corrected chi connectivity index (χ2v) is 13.8. The van der Waals surface area contributed by atoms with E-state index in [-0.39, 0.29) is 23.4 Å². The van der Waals surface area contributed by atoms with E-state index in [0.717, 1.165) is 37.0 Å². The fraction of sp³-hybridized carbons (Fsp3) is 0.500. The lowest BCUT2D eigenvalue weighted by atomic mass is 9.80. The van der Waals surface area contributed by atoms with Gasteiger partial charge < -0.3 is 5.11 Å². The number of hydrogen-bond donors (Lipinski definition) is 1. The second kappa shape index (κ2) is 10.2. The summed E-state index contributed by atoms with van der Waals surface area (Å²) < 4.78 is -4.80. The molecule has 12 heteroatoms. The monoisotopic (exact) mass is 575 g/mol. The van der Waals surface area contributed by atoms with Crippen LogP contribution in [0, 0.1) is 5.92 Å². The minimum absolute atomic E-state index is 0.112. The van der Waals surface area contributed by atoms with Gasteiger partial charge in [0.25, 0.3) is 0 Å². The second-order valence-electron chi connectivity index (χ2n) is 7.68. The molecule has 1 fully saturated rings. The molecule has 1 saturated carbocycles. The summed E-state index contributed by atoms with van der Waals surface area (Å²) in [5.74, 6) is -0.894. The van der Waals surface area contributed by atoms with E-state index < -0.39 is 18.3 Å². The van der Waals surface area contributed by atoms with Crippen LogP contribution >= 0.6 is 81.4 Å². The van der Waals surface area contributed by atoms with Gasteiger partial charge in [0.2, 0.25) is 7.59 Å². The molecule has 2 aromatic rings. The van der Waals surface area contributed by atoms with Gasteiger partial charge in [-0.25, -0.2) is 15.0 Å². The van der Waals surface area contributed by atoms with Crippen LogP contribution in [0.1, 0.15) is 50.7 Å². The molecular formula is C20H19Cl6N3O2S. The van der Waals surface area contributed by atoms with E-state index in [1.165, 1.54) is 11.8 Å². The normalized spacial score (nSPS) is 17.7. The third kappa shape index (κ3) is 6.26. The Bertz CT molecular complexity index is 943. The predicted octanol–water partition coefficient (Wildman–Crippen LogP) is 7.71. The number of aliphatic carboxylic acids is 1. The Labute approximate surface area is 220 Å². The summed E-state index contributed by atoms with van der Waals surface area (Å²) in [5, 5.41) is 9.97. The van der Waals surface area contributed by atoms with E-state index >= 15 is 0 Å². The summed E-state index contributed by atoms with van der Waals surface area (Å²) in [6.45, 7) is 1.80. The van der Waals surface area contributed by atoms with Gasteiger partial charge in [0.1, 0.15) is 4.75 Å². The molecule has 1 atom stereocenters. The quantitative estimate of drug-likeness (QED) is 0.290. The van der Waals surface area contributed by atoms with E-state index in [1.54, 1.807) is 31.2 Å². The van der Waals surface area contributed by atoms with E-state index in [1.807, 2.05) is 0 Å². The summed E-state index contributed by atoms with van der Waals surface area (Å²) in [6, 6.07) is 7.09. The van der Waals surface area contributed by atoms with E-state index in [2.05, 4.69) is 15.0 Å². The molecule has 1 heterocycles. The van der Waals surface area contributed by atoms with Crippen LogP contribution in [-0.4, -0.2) is 30.8 Å². The Morgan fingerprint density at radius 3 is 1.84 bits per heavy atom. The maximum absolute atomic E-state index is 12.2. The highest BCUT2D eigenvalue weighted by Crippen LogP contribution is 2.45. The smallest absolute Gasteiger partial charge is 0.320 e. The van der Waals surface area contributed by atoms with Gasteiger partial charge in [-0.15, -0.1) is 11.8 Å². The molecule has 174 valence electrons. The van der Waals surface area contributed by atoms with Crippen LogP contribution < -0.4 is 0 Å². The Hall–Kier alpha value is -0.210. The van der Waals surface area contributed by atoms with Crippen molar-refractivity contribution in [2.75, 3.05) is 0 Å². The number of carboxylic acid groups (broad SMARTS) is 1. The van der Waals surface area contributed by atoms with Crippen molar-refractivity contribution in [2.24, 2.45) is 5.92 Å². The molecule has 0 aliphatic heterocycles. The third-order valence-corrected chi connectivity index (χ3v) is 7.85. The van der Waals surface area contributed by atoms with Crippen LogP contribution in [-0.2, 0) is 12.4 Å². The van der Waals surface area contributed by atoms with E-state index in [4.69, 9.17) is 69.6 Å². The fourth-order valence-electron chi connectivity index (χ4n) is 3.63. The van der Waals surface area contributed by atoms with Gasteiger partial charge in [0.15, 0.2) is 17.5 Å². The van der Waals surface area contributed by atoms with Crippen LogP contribution in [0.5, 0.6) is 0 Å². The summed E-state index contributed by atoms with van der Waals surface area (Å²) in [4.78, 5) is 25.3. The van der Waals surface area contributed by atoms with Gasteiger partial charge in [0.05, 0.1) is 0 Å². The molecule has 5 nitrogen and oxygen atoms in total. The van der Waals surface area contributed by atoms with Crippen molar-refractivity contribution in [3.8, 4) is 11.4 Å². The van der Waals surface area contributed by atoms with Crippen LogP contribution in [0.15, 0.2) is 29.2 Å². The van der Waals surface area contributed by atoms with Crippen molar-refractivity contribution < 1.29 is 9.90 Å². The maximum atomic E-state index is 12.2. The van der Waals surface area contributed by atoms with Crippen molar-refractivity contribution in [1.82, 2.24) is 15.0 Å². The summed E-state index contributed by atoms with van der Waals surface area (Å²) >= 11 is 36.9. The highest BCUT2D eigenvalue weighted by atomic mass is 35.6. The Kier molecular flexibility index (Phi) is 8.40. The number of thioether (sulfide) groups is 1. The number of hydrogen-bond acceptors (Lipinski definition) is 5. The lowest BCUT2D eigenvalue weighted by Gasteiger charge is -2.36. The zero-order chi connectivity index (χ0) is 23.7. The highest BCUT2D eigenvalue weighted by molar-refractivity contribution is 8.01. The molecule has 32 heavy (non-hydrogen) atoms. The molecule has 1 aromatic carbocycles. The predicted molar refractivity (Wildman–Crippen MR) is 132 cm³/mol. The average Bonchev–Trinajstić information content (AvgIpc) is 2.73. The van der Waals surface area contributed by atoms with Crippen LogP contribution in [0.4, 0.5) is 0 Å². The van der Waals surface area contributed by atoms with E-state index in [0.29, 0.717) is 5.56 Å². The fourth-order valence-corrected chi connectivity index (χ4v) is 5.39. The molecule has 0 spiro atoms. The van der Waals surface area contributed by atoms with Gasteiger partial charge in [-0.2, -0.15) is 0 Å². The van der Waals surface area contributed by atoms with Crippen molar-refractivity contribution >= 4 is 87.3 Å². The minimum Gasteiger partial charge on any atom is -0.480 e. The van der Waals surface area contributed by atoms with Crippen molar-refractivity contribution in [1.29, 1.82) is 0 Å². The summed E-state index contributed by atoms with van der Waals surface area (Å²) in [5.41, 5.74) is 0.567. The first kappa shape index (κ1) is 26.4. The van der Waals surface area contributed by atoms with Crippen molar-refractivity contribution in [3.63, 3.8) is 0 Å². The van der Waals surface area contributed by atoms with E-state index in [9.17, 15) is 9.90 Å². The molecule has 0 radical (unpaired) electrons. The number of benzene rings is 1. The zero-order valence-corrected chi connectivity index (χ0v) is 22.1. The minimum atomic E-state index is -1.94. The number of alkyl halides is 6. The molecule has 0 bridgehead atoms. The number of rotatable bonds is 5. The molecule has 0 saturated heterocycles. The molecular weight excluding hydrogens is 559 g/mol. The molecule has 3 rings (SSSR count). The lowest BCUT2D eigenvalue weighted by molar-refractivity contribution is -0.141. The Morgan fingerprint density at radius 1 is 0.906 bits per heavy atom. The lowest BCUT2D eigenvalue weighted by Crippen LogP contribution is -2.40. The highest BCUT2D eigenvalue weighted by Gasteiger charge is 2.43. The van der Waals surface area contributed by atoms with Crippen molar-refractivity contribution in [3.05, 3.63) is 35.9 Å². The number of carboxylic acids is 1. The molecule has 1 N–H and O–H groups in total. The zero-order valence-electron chi connectivity index (χ0n) is 16.8. The summed E-state index contributed by atoms with van der Waals surface area (Å²) in [7, 11) is 0. The van der Waals surface area contributed by atoms with Gasteiger partial charge in [-0.1, -0.05) is 101 Å². The molecule has 1 aliphatic carbocycles. The maximum Gasteiger partial charge on any atom is 0.320 e. The summed E-state index contributed by atoms with van der Waals surface area (Å²) in [6.07, 6.45) is 5.10. The number of aromatic nitrogens is 3. The molecule has 1 unspecified atom stereocenters. The van der Waals surface area contributed by atoms with Crippen molar-refractivity contribution in [2.45, 2.75) is 56.3 Å². The van der Waals surface area contributed by atoms with Gasteiger partial charge in [0, 0.05) is 10.5 Å². The largest absolute Gasteiger partial charge is 0.480 e. The van der Waals surface area contributed by atoms with Gasteiger partial charge >= 0.3 is 5.97 Å². The first-order valence-corrected chi connectivity index (χ1v) is 12.8. The molecule has 0 amide bonds. The number of halogens is 6. The third-order valence-electron chi connectivity index (χ3n) is 5.39. The molecule has 1 aliphatic rings. The van der Waals surface area contributed by atoms with Gasteiger partial charge in [-0.3, -0.25) is 4.79 Å². The van der Waals surface area contributed by atoms with Crippen LogP contribution in [0.3, 0.4) is 0 Å². The first-order valence-electron chi connectivity index (χ1n) is 9.74. The SMILES string of the molecule is CC(Sc1ccc(-c2nc(C(Cl)(Cl)Cl)nc(C(Cl)(Cl)Cl)n2)cc1)(C(=O)O)C1CCCCC1. The average molecular weight is 578 g/mol. The molecule has 1 aromatic heterocycles. The number of nitrogens with zero attached hydrogens (tertiary/aromatic N) is 3. The Balaban J connectivity index is 1.92. The van der Waals surface area contributed by atoms with Gasteiger partial charge in [-0.05, 0) is 37.8 Å². The first-order chi connectivity index (χ1) is 14.8. The standard InChI is InChI=1S/C20H19Cl6N3O2S/c1-18(17(30)31,12-5-3-2-4-6-12)32-13-9-7-11(8-10-13)14-27-15(19(21,22)23)29-16(28-14)20(24,25)26/h7-10,12H,2-6H2,1H3,(H,30,31). The van der Waals surface area contributed by atoms with Crippen LogP contribution in [0.25, 0.3) is 11.4 Å². The Morgan fingerprint density at radius 2 is 1.41 bits per heavy atom.